The third-order valence-corrected chi connectivity index (χ3v) is 4.83. The highest BCUT2D eigenvalue weighted by Gasteiger charge is 2.16. The summed E-state index contributed by atoms with van der Waals surface area (Å²) in [6.45, 7) is 1.91. The summed E-state index contributed by atoms with van der Waals surface area (Å²) in [4.78, 5) is 34.0. The number of anilines is 1. The Kier molecular flexibility index (Phi) is 4.17. The number of nitrogens with zero attached hydrogens (tertiary/aromatic N) is 3. The standard InChI is InChI=1S/C22H16N4O4/c1-13-24-20-17(3-2-10-23-20)22(28)26(13)16-7-5-15(6-8-16)25-21(27)14-4-9-18-19(11-14)30-12-29-18/h2-11H,12H2,1H3,(H,25,27). The maximum absolute atomic E-state index is 12.9. The normalized spacial score (nSPS) is 12.2. The van der Waals surface area contributed by atoms with Crippen LogP contribution in [-0.2, 0) is 0 Å². The van der Waals surface area contributed by atoms with Gasteiger partial charge >= 0.3 is 0 Å². The Morgan fingerprint density at radius 3 is 2.70 bits per heavy atom. The van der Waals surface area contributed by atoms with Crippen molar-refractivity contribution in [2.75, 3.05) is 12.1 Å². The van der Waals surface area contributed by atoms with Crippen molar-refractivity contribution in [3.05, 3.63) is 82.5 Å². The second-order valence-corrected chi connectivity index (χ2v) is 6.74. The predicted molar refractivity (Wildman–Crippen MR) is 110 cm³/mol. The van der Waals surface area contributed by atoms with E-state index in [4.69, 9.17) is 9.47 Å². The van der Waals surface area contributed by atoms with Gasteiger partial charge in [0.25, 0.3) is 11.5 Å². The zero-order chi connectivity index (χ0) is 20.7. The summed E-state index contributed by atoms with van der Waals surface area (Å²) in [6, 6.07) is 15.4. The van der Waals surface area contributed by atoms with E-state index in [-0.39, 0.29) is 18.3 Å². The Hall–Kier alpha value is -4.20. The number of ether oxygens (including phenoxy) is 2. The van der Waals surface area contributed by atoms with Crippen LogP contribution < -0.4 is 20.3 Å². The van der Waals surface area contributed by atoms with E-state index < -0.39 is 0 Å². The van der Waals surface area contributed by atoms with Gasteiger partial charge in [-0.2, -0.15) is 0 Å². The highest BCUT2D eigenvalue weighted by atomic mass is 16.7. The predicted octanol–water partition coefficient (Wildman–Crippen LogP) is 3.07. The first-order valence-corrected chi connectivity index (χ1v) is 9.26. The second kappa shape index (κ2) is 7.00. The van der Waals surface area contributed by atoms with Crippen molar-refractivity contribution in [3.63, 3.8) is 0 Å². The number of aryl methyl sites for hydroxylation is 1. The van der Waals surface area contributed by atoms with Crippen LogP contribution in [0.5, 0.6) is 11.5 Å². The van der Waals surface area contributed by atoms with Crippen LogP contribution in [0.4, 0.5) is 5.69 Å². The number of hydrogen-bond donors (Lipinski definition) is 1. The lowest BCUT2D eigenvalue weighted by molar-refractivity contribution is 0.102. The molecule has 2 aromatic heterocycles. The van der Waals surface area contributed by atoms with Crippen molar-refractivity contribution >= 4 is 22.6 Å². The third kappa shape index (κ3) is 3.04. The van der Waals surface area contributed by atoms with E-state index in [0.717, 1.165) is 0 Å². The summed E-state index contributed by atoms with van der Waals surface area (Å²) in [6.07, 6.45) is 1.61. The van der Waals surface area contributed by atoms with Gasteiger partial charge in [0.15, 0.2) is 17.1 Å². The zero-order valence-electron chi connectivity index (χ0n) is 16.0. The van der Waals surface area contributed by atoms with Gasteiger partial charge in [-0.25, -0.2) is 9.97 Å². The highest BCUT2D eigenvalue weighted by Crippen LogP contribution is 2.32. The van der Waals surface area contributed by atoms with Gasteiger partial charge in [-0.05, 0) is 61.5 Å². The maximum Gasteiger partial charge on any atom is 0.267 e. The molecule has 0 aliphatic carbocycles. The van der Waals surface area contributed by atoms with Crippen LogP contribution in [0.1, 0.15) is 16.2 Å². The number of rotatable bonds is 3. The summed E-state index contributed by atoms with van der Waals surface area (Å²) >= 11 is 0. The fraction of sp³-hybridized carbons (Fsp3) is 0.0909. The van der Waals surface area contributed by atoms with Gasteiger partial charge in [0.2, 0.25) is 6.79 Å². The molecule has 0 radical (unpaired) electrons. The fourth-order valence-electron chi connectivity index (χ4n) is 3.36. The summed E-state index contributed by atoms with van der Waals surface area (Å²) < 4.78 is 12.1. The van der Waals surface area contributed by atoms with Gasteiger partial charge in [0.05, 0.1) is 11.1 Å². The van der Waals surface area contributed by atoms with Crippen molar-refractivity contribution in [3.8, 4) is 17.2 Å². The highest BCUT2D eigenvalue weighted by molar-refractivity contribution is 6.04. The van der Waals surface area contributed by atoms with Crippen LogP contribution in [-0.4, -0.2) is 27.2 Å². The van der Waals surface area contributed by atoms with E-state index in [1.807, 2.05) is 0 Å². The van der Waals surface area contributed by atoms with Crippen molar-refractivity contribution in [1.29, 1.82) is 0 Å². The second-order valence-electron chi connectivity index (χ2n) is 6.74. The Labute approximate surface area is 170 Å². The molecule has 1 aliphatic heterocycles. The molecule has 1 N–H and O–H groups in total. The Morgan fingerprint density at radius 1 is 1.07 bits per heavy atom. The first kappa shape index (κ1) is 17.9. The van der Waals surface area contributed by atoms with Crippen molar-refractivity contribution in [1.82, 2.24) is 14.5 Å². The first-order chi connectivity index (χ1) is 14.6. The summed E-state index contributed by atoms with van der Waals surface area (Å²) in [7, 11) is 0. The van der Waals surface area contributed by atoms with E-state index in [2.05, 4.69) is 15.3 Å². The van der Waals surface area contributed by atoms with Gasteiger partial charge in [0.1, 0.15) is 5.82 Å². The lowest BCUT2D eigenvalue weighted by Gasteiger charge is -2.11. The van der Waals surface area contributed by atoms with Gasteiger partial charge in [-0.15, -0.1) is 0 Å². The molecule has 1 amide bonds. The lowest BCUT2D eigenvalue weighted by Crippen LogP contribution is -2.22. The van der Waals surface area contributed by atoms with Gasteiger partial charge in [0, 0.05) is 17.4 Å². The molecule has 30 heavy (non-hydrogen) atoms. The number of hydrogen-bond acceptors (Lipinski definition) is 6. The molecule has 4 aromatic rings. The quantitative estimate of drug-likeness (QED) is 0.568. The molecule has 1 aliphatic rings. The lowest BCUT2D eigenvalue weighted by atomic mass is 10.2. The third-order valence-electron chi connectivity index (χ3n) is 4.83. The smallest absolute Gasteiger partial charge is 0.267 e. The molecule has 0 fully saturated rings. The molecule has 0 atom stereocenters. The summed E-state index contributed by atoms with van der Waals surface area (Å²) in [5.74, 6) is 1.43. The number of carbonyl (C=O) groups excluding carboxylic acids is 1. The molecule has 0 spiro atoms. The van der Waals surface area contributed by atoms with E-state index in [0.29, 0.717) is 45.3 Å². The topological polar surface area (TPSA) is 95.3 Å². The molecule has 3 heterocycles. The van der Waals surface area contributed by atoms with Gasteiger partial charge in [-0.3, -0.25) is 14.2 Å². The van der Waals surface area contributed by atoms with Crippen LogP contribution in [0.2, 0.25) is 0 Å². The van der Waals surface area contributed by atoms with Crippen molar-refractivity contribution in [2.45, 2.75) is 6.92 Å². The monoisotopic (exact) mass is 400 g/mol. The van der Waals surface area contributed by atoms with Gasteiger partial charge < -0.3 is 14.8 Å². The van der Waals surface area contributed by atoms with Crippen molar-refractivity contribution < 1.29 is 14.3 Å². The molecule has 148 valence electrons. The summed E-state index contributed by atoms with van der Waals surface area (Å²) in [5.41, 5.74) is 1.94. The number of fused-ring (bicyclic) bond motifs is 2. The Balaban J connectivity index is 1.42. The number of nitrogens with one attached hydrogen (secondary N) is 1. The maximum atomic E-state index is 12.9. The molecule has 8 heteroatoms. The average Bonchev–Trinajstić information content (AvgIpc) is 3.23. The van der Waals surface area contributed by atoms with E-state index in [9.17, 15) is 9.59 Å². The average molecular weight is 400 g/mol. The molecule has 2 aromatic carbocycles. The van der Waals surface area contributed by atoms with Crippen molar-refractivity contribution in [2.24, 2.45) is 0 Å². The number of amides is 1. The minimum Gasteiger partial charge on any atom is -0.454 e. The number of pyridine rings is 1. The molecule has 8 nitrogen and oxygen atoms in total. The van der Waals surface area contributed by atoms with Crippen LogP contribution in [0.15, 0.2) is 65.6 Å². The molecule has 0 saturated carbocycles. The SMILES string of the molecule is Cc1nc2ncccc2c(=O)n1-c1ccc(NC(=O)c2ccc3c(c2)OCO3)cc1. The Morgan fingerprint density at radius 2 is 1.87 bits per heavy atom. The van der Waals surface area contributed by atoms with E-state index in [1.165, 1.54) is 4.57 Å². The van der Waals surface area contributed by atoms with Crippen LogP contribution in [0.25, 0.3) is 16.7 Å². The number of aromatic nitrogens is 3. The molecular weight excluding hydrogens is 384 g/mol. The molecule has 0 unspecified atom stereocenters. The minimum absolute atomic E-state index is 0.153. The van der Waals surface area contributed by atoms with Crippen LogP contribution in [0.3, 0.4) is 0 Å². The largest absolute Gasteiger partial charge is 0.454 e. The number of benzene rings is 2. The fourth-order valence-corrected chi connectivity index (χ4v) is 3.36. The van der Waals surface area contributed by atoms with E-state index >= 15 is 0 Å². The zero-order valence-corrected chi connectivity index (χ0v) is 16.0. The first-order valence-electron chi connectivity index (χ1n) is 9.26. The number of carbonyl (C=O) groups is 1. The van der Waals surface area contributed by atoms with E-state index in [1.54, 1.807) is 67.7 Å². The Bertz CT molecular complexity index is 1350. The van der Waals surface area contributed by atoms with Crippen LogP contribution in [0, 0.1) is 6.92 Å². The molecular formula is C22H16N4O4. The molecule has 5 rings (SSSR count). The van der Waals surface area contributed by atoms with Crippen LogP contribution >= 0.6 is 0 Å². The van der Waals surface area contributed by atoms with Gasteiger partial charge in [-0.1, -0.05) is 0 Å². The molecule has 0 saturated heterocycles. The minimum atomic E-state index is -0.271. The molecule has 0 bridgehead atoms. The summed E-state index contributed by atoms with van der Waals surface area (Å²) in [5, 5.41) is 3.29.